The maximum atomic E-state index is 13.5. The van der Waals surface area contributed by atoms with Gasteiger partial charge in [-0.1, -0.05) is 24.3 Å². The fourth-order valence-electron chi connectivity index (χ4n) is 4.43. The number of amides is 1. The summed E-state index contributed by atoms with van der Waals surface area (Å²) in [5.74, 6) is 0.552. The highest BCUT2D eigenvalue weighted by atomic mass is 32.2. The number of rotatable bonds is 3. The van der Waals surface area contributed by atoms with E-state index in [1.807, 2.05) is 52.7 Å². The maximum absolute atomic E-state index is 13.5. The van der Waals surface area contributed by atoms with Crippen LogP contribution in [0.4, 0.5) is 0 Å². The average Bonchev–Trinajstić information content (AvgIpc) is 3.42. The number of hydrogen-bond donors (Lipinski definition) is 0. The van der Waals surface area contributed by atoms with Crippen LogP contribution in [-0.2, 0) is 9.84 Å². The van der Waals surface area contributed by atoms with Crippen LogP contribution in [0.2, 0.25) is 0 Å². The SMILES string of the molecule is O=C(c1cc(-c2cccs2)nc2ccccc12)N1CCN([C@H]2CCS(=O)(=O)C2)CC1. The lowest BCUT2D eigenvalue weighted by Gasteiger charge is -2.37. The van der Waals surface area contributed by atoms with Gasteiger partial charge >= 0.3 is 0 Å². The van der Waals surface area contributed by atoms with Crippen molar-refractivity contribution >= 4 is 38.0 Å². The highest BCUT2D eigenvalue weighted by Gasteiger charge is 2.34. The Labute approximate surface area is 180 Å². The third-order valence-corrected chi connectivity index (χ3v) is 8.69. The molecule has 2 aromatic heterocycles. The van der Waals surface area contributed by atoms with Crippen molar-refractivity contribution in [2.24, 2.45) is 0 Å². The van der Waals surface area contributed by atoms with Crippen molar-refractivity contribution in [3.63, 3.8) is 0 Å². The van der Waals surface area contributed by atoms with Gasteiger partial charge in [0.25, 0.3) is 5.91 Å². The molecule has 2 aliphatic heterocycles. The minimum atomic E-state index is -2.90. The standard InChI is InChI=1S/C22H23N3O3S2/c26-22(25-10-8-24(9-11-25)16-7-13-30(27,28)15-16)18-14-20(21-6-3-12-29-21)23-19-5-2-1-4-17(18)19/h1-6,12,14,16H,7-11,13,15H2/t16-/m0/s1. The van der Waals surface area contributed by atoms with E-state index in [1.54, 1.807) is 11.3 Å². The number of fused-ring (bicyclic) bond motifs is 1. The molecule has 0 aliphatic carbocycles. The second kappa shape index (κ2) is 7.76. The normalized spacial score (nSPS) is 21.9. The average molecular weight is 442 g/mol. The molecule has 156 valence electrons. The highest BCUT2D eigenvalue weighted by molar-refractivity contribution is 7.91. The predicted molar refractivity (Wildman–Crippen MR) is 120 cm³/mol. The molecule has 1 aromatic carbocycles. The number of pyridine rings is 1. The molecule has 0 N–H and O–H groups in total. The summed E-state index contributed by atoms with van der Waals surface area (Å²) in [6.07, 6.45) is 0.704. The van der Waals surface area contributed by atoms with E-state index in [-0.39, 0.29) is 23.5 Å². The summed E-state index contributed by atoms with van der Waals surface area (Å²) in [6, 6.07) is 13.8. The molecule has 5 rings (SSSR count). The van der Waals surface area contributed by atoms with Crippen molar-refractivity contribution < 1.29 is 13.2 Å². The Hall–Kier alpha value is -2.29. The number of piperazine rings is 1. The van der Waals surface area contributed by atoms with Gasteiger partial charge in [-0.25, -0.2) is 13.4 Å². The second-order valence-electron chi connectivity index (χ2n) is 7.93. The molecule has 1 amide bonds. The molecule has 0 spiro atoms. The first-order chi connectivity index (χ1) is 14.5. The van der Waals surface area contributed by atoms with E-state index in [0.717, 1.165) is 21.5 Å². The van der Waals surface area contributed by atoms with E-state index in [4.69, 9.17) is 4.98 Å². The van der Waals surface area contributed by atoms with Gasteiger partial charge in [0, 0.05) is 37.6 Å². The molecule has 6 nitrogen and oxygen atoms in total. The Kier molecular flexibility index (Phi) is 5.08. The van der Waals surface area contributed by atoms with Crippen molar-refractivity contribution in [1.29, 1.82) is 0 Å². The van der Waals surface area contributed by atoms with Gasteiger partial charge in [-0.3, -0.25) is 9.69 Å². The Morgan fingerprint density at radius 1 is 1.07 bits per heavy atom. The number of para-hydroxylation sites is 1. The number of nitrogens with zero attached hydrogens (tertiary/aromatic N) is 3. The van der Waals surface area contributed by atoms with Gasteiger partial charge < -0.3 is 4.90 Å². The number of thiophene rings is 1. The number of benzene rings is 1. The summed E-state index contributed by atoms with van der Waals surface area (Å²) < 4.78 is 23.6. The molecule has 3 aromatic rings. The van der Waals surface area contributed by atoms with Crippen LogP contribution in [0.5, 0.6) is 0 Å². The Morgan fingerprint density at radius 2 is 1.87 bits per heavy atom. The van der Waals surface area contributed by atoms with Gasteiger partial charge in [-0.2, -0.15) is 0 Å². The molecule has 0 saturated carbocycles. The van der Waals surface area contributed by atoms with Crippen LogP contribution in [0, 0.1) is 0 Å². The predicted octanol–water partition coefficient (Wildman–Crippen LogP) is 2.91. The van der Waals surface area contributed by atoms with Crippen molar-refractivity contribution in [2.45, 2.75) is 12.5 Å². The van der Waals surface area contributed by atoms with Gasteiger partial charge in [0.05, 0.1) is 33.2 Å². The van der Waals surface area contributed by atoms with E-state index in [1.165, 1.54) is 0 Å². The third-order valence-electron chi connectivity index (χ3n) is 6.05. The van der Waals surface area contributed by atoms with Crippen molar-refractivity contribution in [3.8, 4) is 10.6 Å². The molecule has 2 saturated heterocycles. The van der Waals surface area contributed by atoms with Crippen LogP contribution in [0.25, 0.3) is 21.5 Å². The lowest BCUT2D eigenvalue weighted by molar-refractivity contribution is 0.0589. The number of carbonyl (C=O) groups excluding carboxylic acids is 1. The van der Waals surface area contributed by atoms with Gasteiger partial charge in [0.2, 0.25) is 0 Å². The number of hydrogen-bond acceptors (Lipinski definition) is 6. The molecule has 8 heteroatoms. The smallest absolute Gasteiger partial charge is 0.254 e. The van der Waals surface area contributed by atoms with E-state index < -0.39 is 9.84 Å². The fraction of sp³-hybridized carbons (Fsp3) is 0.364. The van der Waals surface area contributed by atoms with E-state index in [0.29, 0.717) is 38.2 Å². The zero-order valence-corrected chi connectivity index (χ0v) is 18.2. The van der Waals surface area contributed by atoms with Gasteiger partial charge in [-0.15, -0.1) is 11.3 Å². The van der Waals surface area contributed by atoms with Gasteiger partial charge in [0.15, 0.2) is 9.84 Å². The molecule has 0 radical (unpaired) electrons. The molecule has 4 heterocycles. The van der Waals surface area contributed by atoms with Crippen LogP contribution in [0.15, 0.2) is 47.8 Å². The quantitative estimate of drug-likeness (QED) is 0.625. The molecule has 0 bridgehead atoms. The van der Waals surface area contributed by atoms with Crippen LogP contribution in [0.1, 0.15) is 16.8 Å². The Bertz CT molecular complexity index is 1180. The maximum Gasteiger partial charge on any atom is 0.254 e. The second-order valence-corrected chi connectivity index (χ2v) is 11.1. The highest BCUT2D eigenvalue weighted by Crippen LogP contribution is 2.29. The zero-order valence-electron chi connectivity index (χ0n) is 16.5. The number of aromatic nitrogens is 1. The van der Waals surface area contributed by atoms with Gasteiger partial charge in [-0.05, 0) is 30.0 Å². The topological polar surface area (TPSA) is 70.6 Å². The molecule has 2 aliphatic rings. The Morgan fingerprint density at radius 3 is 2.57 bits per heavy atom. The molecular weight excluding hydrogens is 418 g/mol. The van der Waals surface area contributed by atoms with Crippen molar-refractivity contribution in [1.82, 2.24) is 14.8 Å². The molecule has 2 fully saturated rings. The summed E-state index contributed by atoms with van der Waals surface area (Å²) >= 11 is 1.61. The molecule has 0 unspecified atom stereocenters. The van der Waals surface area contributed by atoms with E-state index in [9.17, 15) is 13.2 Å². The third kappa shape index (κ3) is 3.75. The monoisotopic (exact) mass is 441 g/mol. The van der Waals surface area contributed by atoms with E-state index in [2.05, 4.69) is 4.90 Å². The minimum absolute atomic E-state index is 0.0186. The molecule has 1 atom stereocenters. The van der Waals surface area contributed by atoms with Gasteiger partial charge in [0.1, 0.15) is 0 Å². The van der Waals surface area contributed by atoms with Crippen molar-refractivity contribution in [2.75, 3.05) is 37.7 Å². The van der Waals surface area contributed by atoms with Crippen LogP contribution < -0.4 is 0 Å². The zero-order chi connectivity index (χ0) is 20.7. The van der Waals surface area contributed by atoms with E-state index >= 15 is 0 Å². The Balaban J connectivity index is 1.39. The largest absolute Gasteiger partial charge is 0.336 e. The summed E-state index contributed by atoms with van der Waals surface area (Å²) in [6.45, 7) is 2.65. The summed E-state index contributed by atoms with van der Waals surface area (Å²) in [5, 5.41) is 2.88. The first kappa shape index (κ1) is 19.7. The summed E-state index contributed by atoms with van der Waals surface area (Å²) in [5.41, 5.74) is 2.32. The summed E-state index contributed by atoms with van der Waals surface area (Å²) in [7, 11) is -2.90. The lowest BCUT2D eigenvalue weighted by atomic mass is 10.0. The van der Waals surface area contributed by atoms with Crippen LogP contribution in [0.3, 0.4) is 0 Å². The minimum Gasteiger partial charge on any atom is -0.336 e. The lowest BCUT2D eigenvalue weighted by Crippen LogP contribution is -2.52. The van der Waals surface area contributed by atoms with Crippen molar-refractivity contribution in [3.05, 3.63) is 53.4 Å². The van der Waals surface area contributed by atoms with Crippen LogP contribution in [-0.4, -0.2) is 72.8 Å². The number of carbonyl (C=O) groups is 1. The molecule has 30 heavy (non-hydrogen) atoms. The summed E-state index contributed by atoms with van der Waals surface area (Å²) in [4.78, 5) is 23.4. The number of sulfone groups is 1. The molecular formula is C22H23N3O3S2. The van der Waals surface area contributed by atoms with Crippen LogP contribution >= 0.6 is 11.3 Å². The first-order valence-corrected chi connectivity index (χ1v) is 12.9. The first-order valence-electron chi connectivity index (χ1n) is 10.2. The fourth-order valence-corrected chi connectivity index (χ4v) is 6.87.